The summed E-state index contributed by atoms with van der Waals surface area (Å²) in [6, 6.07) is 28.7. The highest BCUT2D eigenvalue weighted by Crippen LogP contribution is 2.35. The molecule has 0 aliphatic carbocycles. The third-order valence-electron chi connectivity index (χ3n) is 6.56. The van der Waals surface area contributed by atoms with Gasteiger partial charge in [-0.05, 0) is 61.0 Å². The van der Waals surface area contributed by atoms with Crippen molar-refractivity contribution in [1.82, 2.24) is 10.2 Å². The van der Waals surface area contributed by atoms with E-state index in [1.165, 1.54) is 11.1 Å². The molecule has 1 heterocycles. The van der Waals surface area contributed by atoms with Crippen LogP contribution >= 0.6 is 0 Å². The Morgan fingerprint density at radius 1 is 0.875 bits per heavy atom. The number of carbonyl (C=O) groups excluding carboxylic acids is 1. The van der Waals surface area contributed by atoms with Gasteiger partial charge in [-0.25, -0.2) is 0 Å². The summed E-state index contributed by atoms with van der Waals surface area (Å²) in [7, 11) is 1.60. The number of amides is 1. The molecule has 166 valence electrons. The minimum atomic E-state index is -0.0680. The molecule has 3 aromatic rings. The Morgan fingerprint density at radius 3 is 2.12 bits per heavy atom. The van der Waals surface area contributed by atoms with Crippen LogP contribution in [-0.2, 0) is 13.0 Å². The van der Waals surface area contributed by atoms with Crippen LogP contribution in [0.2, 0.25) is 0 Å². The molecule has 3 aromatic carbocycles. The second-order valence-corrected chi connectivity index (χ2v) is 8.81. The van der Waals surface area contributed by atoms with Gasteiger partial charge < -0.3 is 10.1 Å². The van der Waals surface area contributed by atoms with Crippen molar-refractivity contribution in [3.8, 4) is 5.75 Å². The number of piperidine rings is 1. The summed E-state index contributed by atoms with van der Waals surface area (Å²) in [6.45, 7) is 3.71. The van der Waals surface area contributed by atoms with Crippen molar-refractivity contribution in [1.29, 1.82) is 0 Å². The summed E-state index contributed by atoms with van der Waals surface area (Å²) in [5.74, 6) is 0.543. The predicted molar refractivity (Wildman–Crippen MR) is 129 cm³/mol. The number of benzene rings is 3. The topological polar surface area (TPSA) is 41.6 Å². The molecule has 0 atom stereocenters. The van der Waals surface area contributed by atoms with E-state index in [0.29, 0.717) is 17.9 Å². The first-order chi connectivity index (χ1) is 15.7. The van der Waals surface area contributed by atoms with Crippen LogP contribution in [0.15, 0.2) is 84.9 Å². The Bertz CT molecular complexity index is 996. The molecule has 0 radical (unpaired) electrons. The molecule has 4 nitrogen and oxygen atoms in total. The minimum Gasteiger partial charge on any atom is -0.496 e. The third kappa shape index (κ3) is 5.57. The SMILES string of the molecule is COc1ccccc1C(=O)NCC1(Cc2ccccc2)CCN(Cc2ccccc2)CC1. The minimum absolute atomic E-state index is 0.0478. The van der Waals surface area contributed by atoms with E-state index in [1.54, 1.807) is 7.11 Å². The molecule has 0 bridgehead atoms. The second-order valence-electron chi connectivity index (χ2n) is 8.81. The van der Waals surface area contributed by atoms with Crippen molar-refractivity contribution in [2.45, 2.75) is 25.8 Å². The lowest BCUT2D eigenvalue weighted by Gasteiger charge is -2.42. The Kier molecular flexibility index (Phi) is 7.23. The molecule has 0 spiro atoms. The zero-order valence-corrected chi connectivity index (χ0v) is 18.8. The predicted octanol–water partition coefficient (Wildman–Crippen LogP) is 4.95. The summed E-state index contributed by atoms with van der Waals surface area (Å²) >= 11 is 0. The molecule has 1 saturated heterocycles. The molecule has 0 saturated carbocycles. The highest BCUT2D eigenvalue weighted by Gasteiger charge is 2.35. The summed E-state index contributed by atoms with van der Waals surface area (Å²) in [5, 5.41) is 3.23. The largest absolute Gasteiger partial charge is 0.496 e. The van der Waals surface area contributed by atoms with Gasteiger partial charge in [0.2, 0.25) is 0 Å². The Balaban J connectivity index is 1.45. The number of nitrogens with one attached hydrogen (secondary N) is 1. The maximum Gasteiger partial charge on any atom is 0.255 e. The van der Waals surface area contributed by atoms with E-state index in [1.807, 2.05) is 24.3 Å². The van der Waals surface area contributed by atoms with E-state index in [2.05, 4.69) is 70.9 Å². The monoisotopic (exact) mass is 428 g/mol. The number of nitrogens with zero attached hydrogens (tertiary/aromatic N) is 1. The van der Waals surface area contributed by atoms with E-state index in [0.717, 1.165) is 38.9 Å². The number of methoxy groups -OCH3 is 1. The first-order valence-electron chi connectivity index (χ1n) is 11.4. The zero-order chi connectivity index (χ0) is 22.2. The fourth-order valence-electron chi connectivity index (χ4n) is 4.67. The molecule has 0 unspecified atom stereocenters. The van der Waals surface area contributed by atoms with E-state index in [9.17, 15) is 4.79 Å². The molecule has 1 aliphatic heterocycles. The van der Waals surface area contributed by atoms with E-state index in [4.69, 9.17) is 4.74 Å². The van der Waals surface area contributed by atoms with Gasteiger partial charge in [0.15, 0.2) is 0 Å². The van der Waals surface area contributed by atoms with Crippen molar-refractivity contribution in [2.75, 3.05) is 26.7 Å². The van der Waals surface area contributed by atoms with Gasteiger partial charge in [0.1, 0.15) is 5.75 Å². The third-order valence-corrected chi connectivity index (χ3v) is 6.56. The number of carbonyl (C=O) groups is 1. The van der Waals surface area contributed by atoms with Crippen LogP contribution in [-0.4, -0.2) is 37.6 Å². The van der Waals surface area contributed by atoms with Gasteiger partial charge in [-0.1, -0.05) is 72.8 Å². The van der Waals surface area contributed by atoms with Crippen LogP contribution in [0.5, 0.6) is 5.75 Å². The molecule has 4 heteroatoms. The van der Waals surface area contributed by atoms with Gasteiger partial charge in [0.05, 0.1) is 12.7 Å². The summed E-state index contributed by atoms with van der Waals surface area (Å²) in [4.78, 5) is 15.5. The van der Waals surface area contributed by atoms with Crippen LogP contribution in [0.3, 0.4) is 0 Å². The van der Waals surface area contributed by atoms with Crippen LogP contribution in [0.4, 0.5) is 0 Å². The molecule has 1 fully saturated rings. The summed E-state index contributed by atoms with van der Waals surface area (Å²) < 4.78 is 5.38. The Morgan fingerprint density at radius 2 is 1.47 bits per heavy atom. The average Bonchev–Trinajstić information content (AvgIpc) is 2.85. The van der Waals surface area contributed by atoms with Gasteiger partial charge in [0, 0.05) is 13.1 Å². The second kappa shape index (κ2) is 10.5. The van der Waals surface area contributed by atoms with E-state index < -0.39 is 0 Å². The maximum atomic E-state index is 13.0. The number of para-hydroxylation sites is 1. The first-order valence-corrected chi connectivity index (χ1v) is 11.4. The lowest BCUT2D eigenvalue weighted by atomic mass is 9.73. The molecule has 1 aliphatic rings. The van der Waals surface area contributed by atoms with Crippen molar-refractivity contribution >= 4 is 5.91 Å². The maximum absolute atomic E-state index is 13.0. The molecule has 0 aromatic heterocycles. The standard InChI is InChI=1S/C28H32N2O2/c1-32-26-15-9-8-14-25(26)27(31)29-22-28(20-23-10-4-2-5-11-23)16-18-30(19-17-28)21-24-12-6-3-7-13-24/h2-15H,16-22H2,1H3,(H,29,31). The Labute approximate surface area is 191 Å². The fourth-order valence-corrected chi connectivity index (χ4v) is 4.67. The van der Waals surface area contributed by atoms with Crippen LogP contribution < -0.4 is 10.1 Å². The summed E-state index contributed by atoms with van der Waals surface area (Å²) in [5.41, 5.74) is 3.32. The Hall–Kier alpha value is -3.11. The van der Waals surface area contributed by atoms with Crippen LogP contribution in [0.25, 0.3) is 0 Å². The van der Waals surface area contributed by atoms with Gasteiger partial charge in [0.25, 0.3) is 5.91 Å². The number of hydrogen-bond acceptors (Lipinski definition) is 3. The summed E-state index contributed by atoms with van der Waals surface area (Å²) in [6.07, 6.45) is 3.08. The zero-order valence-electron chi connectivity index (χ0n) is 18.8. The van der Waals surface area contributed by atoms with Gasteiger partial charge in [-0.3, -0.25) is 9.69 Å². The van der Waals surface area contributed by atoms with Crippen molar-refractivity contribution < 1.29 is 9.53 Å². The van der Waals surface area contributed by atoms with Crippen molar-refractivity contribution in [2.24, 2.45) is 5.41 Å². The van der Waals surface area contributed by atoms with Gasteiger partial charge in [-0.15, -0.1) is 0 Å². The smallest absolute Gasteiger partial charge is 0.255 e. The molecular weight excluding hydrogens is 396 g/mol. The first kappa shape index (κ1) is 22.1. The van der Waals surface area contributed by atoms with Crippen molar-refractivity contribution in [3.63, 3.8) is 0 Å². The normalized spacial score (nSPS) is 15.8. The van der Waals surface area contributed by atoms with Gasteiger partial charge in [-0.2, -0.15) is 0 Å². The molecule has 1 N–H and O–H groups in total. The van der Waals surface area contributed by atoms with E-state index >= 15 is 0 Å². The lowest BCUT2D eigenvalue weighted by molar-refractivity contribution is 0.0804. The highest BCUT2D eigenvalue weighted by atomic mass is 16.5. The van der Waals surface area contributed by atoms with Gasteiger partial charge >= 0.3 is 0 Å². The quantitative estimate of drug-likeness (QED) is 0.552. The fraction of sp³-hybridized carbons (Fsp3) is 0.321. The molecule has 1 amide bonds. The number of likely N-dealkylation sites (tertiary alicyclic amines) is 1. The highest BCUT2D eigenvalue weighted by molar-refractivity contribution is 5.96. The molecule has 32 heavy (non-hydrogen) atoms. The lowest BCUT2D eigenvalue weighted by Crippen LogP contribution is -2.47. The van der Waals surface area contributed by atoms with Crippen molar-refractivity contribution in [3.05, 3.63) is 102 Å². The number of ether oxygens (including phenoxy) is 1. The molecular formula is C28H32N2O2. The van der Waals surface area contributed by atoms with Crippen LogP contribution in [0, 0.1) is 5.41 Å². The number of hydrogen-bond donors (Lipinski definition) is 1. The number of rotatable bonds is 8. The average molecular weight is 429 g/mol. The van der Waals surface area contributed by atoms with Crippen LogP contribution in [0.1, 0.15) is 34.3 Å². The van der Waals surface area contributed by atoms with E-state index in [-0.39, 0.29) is 11.3 Å². The molecule has 4 rings (SSSR count).